The smallest absolute Gasteiger partial charge is 0.146 e. The molecule has 0 amide bonds. The maximum Gasteiger partial charge on any atom is 0.146 e. The Hall–Kier alpha value is -2.79. The molecule has 1 fully saturated rings. The maximum atomic E-state index is 15.1. The third kappa shape index (κ3) is 3.63. The lowest BCUT2D eigenvalue weighted by Gasteiger charge is -2.40. The Balaban J connectivity index is 1.36. The first-order chi connectivity index (χ1) is 15.8. The highest BCUT2D eigenvalue weighted by Gasteiger charge is 2.43. The predicted octanol–water partition coefficient (Wildman–Crippen LogP) is 5.10. The zero-order valence-corrected chi connectivity index (χ0v) is 18.4. The molecule has 1 aliphatic carbocycles. The summed E-state index contributed by atoms with van der Waals surface area (Å²) < 4.78 is 30.4. The quantitative estimate of drug-likeness (QED) is 0.557. The summed E-state index contributed by atoms with van der Waals surface area (Å²) in [5.74, 6) is -0.955. The van der Waals surface area contributed by atoms with Crippen LogP contribution in [0, 0.1) is 23.0 Å². The normalized spacial score (nSPS) is 24.7. The van der Waals surface area contributed by atoms with Crippen LogP contribution in [0.15, 0.2) is 42.9 Å². The highest BCUT2D eigenvalue weighted by atomic mass is 35.5. The molecule has 2 N–H and O–H groups in total. The van der Waals surface area contributed by atoms with Crippen LogP contribution in [0.5, 0.6) is 0 Å². The third-order valence-electron chi connectivity index (χ3n) is 7.24. The van der Waals surface area contributed by atoms with Crippen molar-refractivity contribution in [3.63, 3.8) is 0 Å². The van der Waals surface area contributed by atoms with E-state index < -0.39 is 29.4 Å². The van der Waals surface area contributed by atoms with E-state index in [0.717, 1.165) is 11.3 Å². The SMILES string of the molecule is N#Cc1ccc2c(c1F)C(CC(O)C1(O)CCC(c3ccc(F)c(Cl)c3)CC1)n1cncc1-2. The summed E-state index contributed by atoms with van der Waals surface area (Å²) in [6, 6.07) is 9.12. The van der Waals surface area contributed by atoms with Crippen LogP contribution in [-0.2, 0) is 0 Å². The van der Waals surface area contributed by atoms with Gasteiger partial charge in [0.25, 0.3) is 0 Å². The van der Waals surface area contributed by atoms with E-state index in [2.05, 4.69) is 4.98 Å². The molecule has 0 saturated heterocycles. The molecule has 8 heteroatoms. The fourth-order valence-corrected chi connectivity index (χ4v) is 5.53. The first-order valence-corrected chi connectivity index (χ1v) is 11.3. The van der Waals surface area contributed by atoms with Crippen LogP contribution in [0.25, 0.3) is 11.3 Å². The Kier molecular flexibility index (Phi) is 5.48. The van der Waals surface area contributed by atoms with Crippen molar-refractivity contribution in [3.05, 3.63) is 76.2 Å². The van der Waals surface area contributed by atoms with Gasteiger partial charge in [0.1, 0.15) is 17.7 Å². The van der Waals surface area contributed by atoms with Gasteiger partial charge in [0, 0.05) is 17.5 Å². The molecule has 33 heavy (non-hydrogen) atoms. The van der Waals surface area contributed by atoms with E-state index in [0.29, 0.717) is 36.8 Å². The van der Waals surface area contributed by atoms with E-state index in [1.165, 1.54) is 12.1 Å². The highest BCUT2D eigenvalue weighted by Crippen LogP contribution is 2.46. The molecule has 170 valence electrons. The number of benzene rings is 2. The topological polar surface area (TPSA) is 82.1 Å². The number of aliphatic hydroxyl groups is 2. The Morgan fingerprint density at radius 2 is 2.00 bits per heavy atom. The minimum absolute atomic E-state index is 0.0517. The second-order valence-electron chi connectivity index (χ2n) is 9.00. The van der Waals surface area contributed by atoms with E-state index in [-0.39, 0.29) is 22.9 Å². The van der Waals surface area contributed by atoms with Crippen LogP contribution in [0.3, 0.4) is 0 Å². The van der Waals surface area contributed by atoms with Crippen molar-refractivity contribution in [2.45, 2.75) is 55.8 Å². The number of hydrogen-bond acceptors (Lipinski definition) is 4. The van der Waals surface area contributed by atoms with Gasteiger partial charge in [-0.15, -0.1) is 0 Å². The van der Waals surface area contributed by atoms with Crippen LogP contribution in [0.4, 0.5) is 8.78 Å². The first-order valence-electron chi connectivity index (χ1n) is 10.9. The summed E-state index contributed by atoms with van der Waals surface area (Å²) >= 11 is 5.92. The summed E-state index contributed by atoms with van der Waals surface area (Å²) in [4.78, 5) is 4.15. The number of fused-ring (bicyclic) bond motifs is 3. The van der Waals surface area contributed by atoms with Gasteiger partial charge in [0.05, 0.1) is 46.6 Å². The number of rotatable bonds is 4. The van der Waals surface area contributed by atoms with Crippen LogP contribution in [-0.4, -0.2) is 31.5 Å². The summed E-state index contributed by atoms with van der Waals surface area (Å²) in [5, 5.41) is 31.7. The number of nitrogens with zero attached hydrogens (tertiary/aromatic N) is 3. The van der Waals surface area contributed by atoms with Crippen LogP contribution >= 0.6 is 11.6 Å². The minimum Gasteiger partial charge on any atom is -0.390 e. The lowest BCUT2D eigenvalue weighted by atomic mass is 9.72. The lowest BCUT2D eigenvalue weighted by molar-refractivity contribution is -0.105. The van der Waals surface area contributed by atoms with Gasteiger partial charge in [-0.3, -0.25) is 0 Å². The number of nitriles is 1. The molecular weight excluding hydrogens is 448 g/mol. The maximum absolute atomic E-state index is 15.1. The predicted molar refractivity (Wildman–Crippen MR) is 119 cm³/mol. The van der Waals surface area contributed by atoms with Crippen LogP contribution in [0.1, 0.15) is 60.8 Å². The molecule has 2 heterocycles. The number of imidazole rings is 1. The highest BCUT2D eigenvalue weighted by molar-refractivity contribution is 6.30. The Morgan fingerprint density at radius 1 is 1.24 bits per heavy atom. The van der Waals surface area contributed by atoms with Crippen LogP contribution < -0.4 is 0 Å². The number of aromatic nitrogens is 2. The first kappa shape index (κ1) is 22.0. The molecule has 0 radical (unpaired) electrons. The molecule has 3 aromatic rings. The van der Waals surface area contributed by atoms with Gasteiger partial charge >= 0.3 is 0 Å². The summed E-state index contributed by atoms with van der Waals surface area (Å²) in [6.07, 6.45) is 4.12. The van der Waals surface area contributed by atoms with Gasteiger partial charge in [-0.1, -0.05) is 23.7 Å². The van der Waals surface area contributed by atoms with Gasteiger partial charge < -0.3 is 14.8 Å². The summed E-state index contributed by atoms with van der Waals surface area (Å²) in [6.45, 7) is 0. The van der Waals surface area contributed by atoms with Gasteiger partial charge in [-0.2, -0.15) is 5.26 Å². The fraction of sp³-hybridized carbons (Fsp3) is 0.360. The van der Waals surface area contributed by atoms with Crippen molar-refractivity contribution in [3.8, 4) is 17.3 Å². The summed E-state index contributed by atoms with van der Waals surface area (Å²) in [5.41, 5.74) is 1.25. The van der Waals surface area contributed by atoms with Gasteiger partial charge in [0.2, 0.25) is 0 Å². The molecule has 1 aromatic heterocycles. The van der Waals surface area contributed by atoms with E-state index in [1.807, 2.05) is 6.07 Å². The molecule has 2 unspecified atom stereocenters. The van der Waals surface area contributed by atoms with Gasteiger partial charge in [0.15, 0.2) is 0 Å². The Labute approximate surface area is 194 Å². The minimum atomic E-state index is -1.33. The van der Waals surface area contributed by atoms with Crippen molar-refractivity contribution in [1.29, 1.82) is 5.26 Å². The van der Waals surface area contributed by atoms with Crippen LogP contribution in [0.2, 0.25) is 5.02 Å². The van der Waals surface area contributed by atoms with E-state index in [9.17, 15) is 19.9 Å². The molecule has 2 aliphatic rings. The molecule has 2 aromatic carbocycles. The molecular formula is C25H22ClF2N3O2. The standard InChI is InChI=1S/C25H22ClF2N3O2/c26-18-9-15(2-4-19(18)27)14-5-7-25(33,8-6-14)22(32)10-20-23-17(21-12-30-13-31(20)21)3-1-16(11-29)24(23)28/h1-4,9,12-14,20,22,32-33H,5-8,10H2. The average Bonchev–Trinajstić information content (AvgIpc) is 3.39. The lowest BCUT2D eigenvalue weighted by Crippen LogP contribution is -2.46. The number of hydrogen-bond donors (Lipinski definition) is 2. The van der Waals surface area contributed by atoms with Crippen molar-refractivity contribution < 1.29 is 19.0 Å². The van der Waals surface area contributed by atoms with E-state index in [1.54, 1.807) is 35.3 Å². The zero-order valence-electron chi connectivity index (χ0n) is 17.7. The second-order valence-corrected chi connectivity index (χ2v) is 9.41. The van der Waals surface area contributed by atoms with Crippen molar-refractivity contribution in [1.82, 2.24) is 9.55 Å². The van der Waals surface area contributed by atoms with E-state index >= 15 is 4.39 Å². The van der Waals surface area contributed by atoms with Crippen molar-refractivity contribution in [2.24, 2.45) is 0 Å². The summed E-state index contributed by atoms with van der Waals surface area (Å²) in [7, 11) is 0. The van der Waals surface area contributed by atoms with E-state index in [4.69, 9.17) is 11.6 Å². The third-order valence-corrected chi connectivity index (χ3v) is 7.53. The molecule has 1 saturated carbocycles. The molecule has 5 rings (SSSR count). The van der Waals surface area contributed by atoms with Gasteiger partial charge in [-0.05, 0) is 55.4 Å². The molecule has 2 atom stereocenters. The van der Waals surface area contributed by atoms with Crippen molar-refractivity contribution in [2.75, 3.05) is 0 Å². The molecule has 5 nitrogen and oxygen atoms in total. The largest absolute Gasteiger partial charge is 0.390 e. The monoisotopic (exact) mass is 469 g/mol. The second kappa shape index (κ2) is 8.21. The fourth-order valence-electron chi connectivity index (χ4n) is 5.34. The molecule has 1 aliphatic heterocycles. The van der Waals surface area contributed by atoms with Crippen molar-refractivity contribution >= 4 is 11.6 Å². The Bertz CT molecular complexity index is 1260. The number of halogens is 3. The Morgan fingerprint density at radius 3 is 2.70 bits per heavy atom. The average molecular weight is 470 g/mol. The molecule has 0 spiro atoms. The zero-order chi connectivity index (χ0) is 23.3. The molecule has 0 bridgehead atoms. The van der Waals surface area contributed by atoms with Gasteiger partial charge in [-0.25, -0.2) is 13.8 Å². The number of aliphatic hydroxyl groups excluding tert-OH is 1.